The molecule has 0 heterocycles. The van der Waals surface area contributed by atoms with Crippen molar-refractivity contribution in [1.29, 1.82) is 0 Å². The van der Waals surface area contributed by atoms with Crippen molar-refractivity contribution in [1.82, 2.24) is 0 Å². The molecule has 3 aromatic carbocycles. The summed E-state index contributed by atoms with van der Waals surface area (Å²) in [4.78, 5) is 30.1. The minimum absolute atomic E-state index is 0.216. The fourth-order valence-electron chi connectivity index (χ4n) is 3.38. The van der Waals surface area contributed by atoms with Gasteiger partial charge in [0.25, 0.3) is 11.8 Å². The maximum absolute atomic E-state index is 13.6. The Kier molecular flexibility index (Phi) is 9.40. The third-order valence-electron chi connectivity index (χ3n) is 5.37. The van der Waals surface area contributed by atoms with Gasteiger partial charge in [-0.2, -0.15) is 0 Å². The average molecular weight is 564 g/mol. The minimum Gasteiger partial charge on any atom is -0.495 e. The standard InChI is InChI=1S/C32H33N3O3Si2/c1-33-26-15-11-25(12-16-26)31(36)35-30-28(21-24(22-29(30)38-2)18-20-40(6,7)8)32(37)34-27-13-9-23(10-14-27)17-19-39(3,4)5/h9-16,21-22H,2-8H3,(H,34,37)(H,35,36). The number of nitrogens with one attached hydrogen (secondary N) is 2. The first kappa shape index (κ1) is 30.0. The fraction of sp³-hybridized carbons (Fsp3) is 0.219. The van der Waals surface area contributed by atoms with E-state index in [1.54, 1.807) is 48.5 Å². The highest BCUT2D eigenvalue weighted by Gasteiger charge is 2.21. The van der Waals surface area contributed by atoms with Gasteiger partial charge < -0.3 is 15.4 Å². The lowest BCUT2D eigenvalue weighted by molar-refractivity contribution is 0.102. The molecule has 0 bridgehead atoms. The van der Waals surface area contributed by atoms with Crippen LogP contribution in [-0.4, -0.2) is 35.1 Å². The van der Waals surface area contributed by atoms with E-state index < -0.39 is 28.0 Å². The molecule has 0 saturated heterocycles. The van der Waals surface area contributed by atoms with Gasteiger partial charge in [0, 0.05) is 22.4 Å². The molecular weight excluding hydrogens is 531 g/mol. The van der Waals surface area contributed by atoms with E-state index in [4.69, 9.17) is 11.3 Å². The highest BCUT2D eigenvalue weighted by Crippen LogP contribution is 2.32. The van der Waals surface area contributed by atoms with Gasteiger partial charge in [-0.15, -0.1) is 11.1 Å². The number of carbonyl (C=O) groups excluding carboxylic acids is 2. The van der Waals surface area contributed by atoms with Crippen molar-refractivity contribution in [2.75, 3.05) is 17.7 Å². The predicted octanol–water partition coefficient (Wildman–Crippen LogP) is 7.21. The molecule has 0 aliphatic carbocycles. The van der Waals surface area contributed by atoms with Crippen molar-refractivity contribution >= 4 is 45.0 Å². The van der Waals surface area contributed by atoms with Crippen LogP contribution < -0.4 is 15.4 Å². The molecule has 6 nitrogen and oxygen atoms in total. The molecule has 8 heteroatoms. The Morgan fingerprint density at radius 2 is 1.35 bits per heavy atom. The van der Waals surface area contributed by atoms with Gasteiger partial charge in [0.15, 0.2) is 5.69 Å². The van der Waals surface area contributed by atoms with Crippen molar-refractivity contribution in [3.63, 3.8) is 0 Å². The number of benzene rings is 3. The second-order valence-corrected chi connectivity index (χ2v) is 20.7. The molecule has 0 aromatic heterocycles. The molecule has 0 saturated carbocycles. The molecule has 0 unspecified atom stereocenters. The van der Waals surface area contributed by atoms with Crippen LogP contribution in [0.4, 0.5) is 17.1 Å². The Bertz CT molecular complexity index is 1590. The number of hydrogen-bond acceptors (Lipinski definition) is 3. The SMILES string of the molecule is [C-]#[N+]c1ccc(C(=O)Nc2c(OC)cc(C#C[Si](C)(C)C)cc2C(=O)Nc2ccc(C#C[Si](C)(C)C)cc2)cc1. The van der Waals surface area contributed by atoms with E-state index in [0.717, 1.165) is 5.56 Å². The van der Waals surface area contributed by atoms with Crippen LogP contribution >= 0.6 is 0 Å². The summed E-state index contributed by atoms with van der Waals surface area (Å²) in [6, 6.07) is 17.0. The molecule has 3 rings (SSSR count). The number of hydrogen-bond donors (Lipinski definition) is 2. The number of anilines is 2. The van der Waals surface area contributed by atoms with Crippen LogP contribution in [0.1, 0.15) is 31.8 Å². The topological polar surface area (TPSA) is 71.8 Å². The minimum atomic E-state index is -1.69. The molecule has 40 heavy (non-hydrogen) atoms. The van der Waals surface area contributed by atoms with E-state index in [1.165, 1.54) is 7.11 Å². The van der Waals surface area contributed by atoms with Crippen LogP contribution in [-0.2, 0) is 0 Å². The van der Waals surface area contributed by atoms with Crippen LogP contribution in [0.15, 0.2) is 60.7 Å². The van der Waals surface area contributed by atoms with E-state index >= 15 is 0 Å². The summed E-state index contributed by atoms with van der Waals surface area (Å²) in [6.45, 7) is 20.1. The van der Waals surface area contributed by atoms with Gasteiger partial charge in [-0.3, -0.25) is 9.59 Å². The number of carbonyl (C=O) groups is 2. The van der Waals surface area contributed by atoms with Crippen molar-refractivity contribution in [2.45, 2.75) is 39.3 Å². The molecule has 0 aliphatic heterocycles. The highest BCUT2D eigenvalue weighted by atomic mass is 28.3. The Morgan fingerprint density at radius 1 is 0.775 bits per heavy atom. The van der Waals surface area contributed by atoms with Crippen molar-refractivity contribution in [3.8, 4) is 28.7 Å². The Balaban J connectivity index is 2.00. The zero-order valence-corrected chi connectivity index (χ0v) is 25.9. The molecule has 2 N–H and O–H groups in total. The summed E-state index contributed by atoms with van der Waals surface area (Å²) in [5.74, 6) is 5.84. The monoisotopic (exact) mass is 563 g/mol. The van der Waals surface area contributed by atoms with Crippen LogP contribution in [0.3, 0.4) is 0 Å². The predicted molar refractivity (Wildman–Crippen MR) is 168 cm³/mol. The number of rotatable bonds is 5. The molecule has 0 atom stereocenters. The summed E-state index contributed by atoms with van der Waals surface area (Å²) >= 11 is 0. The summed E-state index contributed by atoms with van der Waals surface area (Å²) < 4.78 is 5.60. The van der Waals surface area contributed by atoms with E-state index in [0.29, 0.717) is 28.3 Å². The molecule has 0 radical (unpaired) electrons. The zero-order chi connectivity index (χ0) is 29.5. The normalized spacial score (nSPS) is 10.7. The summed E-state index contributed by atoms with van der Waals surface area (Å²) in [7, 11) is -1.72. The van der Waals surface area contributed by atoms with Gasteiger partial charge in [0.05, 0.1) is 24.9 Å². The zero-order valence-electron chi connectivity index (χ0n) is 23.9. The van der Waals surface area contributed by atoms with E-state index in [2.05, 4.69) is 77.7 Å². The molecule has 2 amide bonds. The highest BCUT2D eigenvalue weighted by molar-refractivity contribution is 6.84. The van der Waals surface area contributed by atoms with Gasteiger partial charge in [-0.05, 0) is 36.4 Å². The molecule has 0 fully saturated rings. The van der Waals surface area contributed by atoms with Crippen molar-refractivity contribution in [3.05, 3.63) is 94.3 Å². The van der Waals surface area contributed by atoms with Gasteiger partial charge in [-0.1, -0.05) is 75.4 Å². The summed E-state index contributed by atoms with van der Waals surface area (Å²) in [6.07, 6.45) is 0. The van der Waals surface area contributed by atoms with Crippen molar-refractivity contribution in [2.24, 2.45) is 0 Å². The second kappa shape index (κ2) is 12.5. The summed E-state index contributed by atoms with van der Waals surface area (Å²) in [5.41, 5.74) is 9.95. The maximum Gasteiger partial charge on any atom is 0.257 e. The lowest BCUT2D eigenvalue weighted by atomic mass is 10.1. The van der Waals surface area contributed by atoms with Gasteiger partial charge >= 0.3 is 0 Å². The Labute approximate surface area is 239 Å². The van der Waals surface area contributed by atoms with E-state index in [9.17, 15) is 9.59 Å². The third kappa shape index (κ3) is 8.75. The van der Waals surface area contributed by atoms with E-state index in [-0.39, 0.29) is 11.3 Å². The smallest absolute Gasteiger partial charge is 0.257 e. The van der Waals surface area contributed by atoms with E-state index in [1.807, 2.05) is 12.1 Å². The molecular formula is C32H33N3O3Si2. The molecule has 0 spiro atoms. The fourth-order valence-corrected chi connectivity index (χ4v) is 4.42. The second-order valence-electron chi connectivity index (χ2n) is 11.2. The van der Waals surface area contributed by atoms with Gasteiger partial charge in [0.1, 0.15) is 21.9 Å². The van der Waals surface area contributed by atoms with Gasteiger partial charge in [0.2, 0.25) is 0 Å². The lowest BCUT2D eigenvalue weighted by Crippen LogP contribution is -2.19. The number of methoxy groups -OCH3 is 1. The first-order chi connectivity index (χ1) is 18.8. The van der Waals surface area contributed by atoms with Crippen LogP contribution in [0.2, 0.25) is 39.3 Å². The maximum atomic E-state index is 13.6. The third-order valence-corrected chi connectivity index (χ3v) is 7.12. The summed E-state index contributed by atoms with van der Waals surface area (Å²) in [5, 5.41) is 5.75. The Morgan fingerprint density at radius 3 is 1.88 bits per heavy atom. The number of ether oxygens (including phenoxy) is 1. The van der Waals surface area contributed by atoms with Crippen LogP contribution in [0.5, 0.6) is 5.75 Å². The molecule has 202 valence electrons. The molecule has 0 aliphatic rings. The Hall–Kier alpha value is -4.56. The number of amides is 2. The largest absolute Gasteiger partial charge is 0.495 e. The van der Waals surface area contributed by atoms with Crippen molar-refractivity contribution < 1.29 is 14.3 Å². The average Bonchev–Trinajstić information content (AvgIpc) is 2.90. The first-order valence-corrected chi connectivity index (χ1v) is 19.8. The molecule has 3 aromatic rings. The van der Waals surface area contributed by atoms with Gasteiger partial charge in [-0.25, -0.2) is 4.85 Å². The quantitative estimate of drug-likeness (QED) is 0.196. The first-order valence-electron chi connectivity index (χ1n) is 12.8. The van der Waals surface area contributed by atoms with Crippen LogP contribution in [0.25, 0.3) is 4.85 Å². The lowest BCUT2D eigenvalue weighted by Gasteiger charge is -2.16. The van der Waals surface area contributed by atoms with Crippen LogP contribution in [0, 0.1) is 29.5 Å². The number of nitrogens with zero attached hydrogens (tertiary/aromatic N) is 1.